The number of pyridine rings is 1. The zero-order valence-corrected chi connectivity index (χ0v) is 15.8. The molecule has 144 valence electrons. The lowest BCUT2D eigenvalue weighted by Crippen LogP contribution is -2.22. The third kappa shape index (κ3) is 4.32. The molecule has 2 aromatic carbocycles. The van der Waals surface area contributed by atoms with Crippen molar-refractivity contribution >= 4 is 28.4 Å². The Morgan fingerprint density at radius 3 is 2.62 bits per heavy atom. The van der Waals surface area contributed by atoms with E-state index in [1.807, 2.05) is 55.5 Å². The number of hydrogen-bond donors (Lipinski definition) is 1. The summed E-state index contributed by atoms with van der Waals surface area (Å²) in [5.74, 6) is 0.871. The second kappa shape index (κ2) is 8.39. The SMILES string of the molecule is CCOc1ccc(N=c2oc3ccccc3cc2C(=O)Nc2ccccn2)cc1. The number of amides is 1. The van der Waals surface area contributed by atoms with Gasteiger partial charge in [-0.3, -0.25) is 4.79 Å². The van der Waals surface area contributed by atoms with Gasteiger partial charge in [-0.1, -0.05) is 24.3 Å². The number of anilines is 1. The van der Waals surface area contributed by atoms with Crippen molar-refractivity contribution in [3.05, 3.63) is 90.1 Å². The molecule has 0 aliphatic heterocycles. The van der Waals surface area contributed by atoms with Crippen LogP contribution < -0.4 is 15.6 Å². The number of nitrogens with one attached hydrogen (secondary N) is 1. The smallest absolute Gasteiger partial charge is 0.262 e. The molecule has 0 saturated carbocycles. The molecule has 0 aliphatic rings. The van der Waals surface area contributed by atoms with Gasteiger partial charge in [0.1, 0.15) is 22.7 Å². The number of benzene rings is 2. The molecule has 0 bridgehead atoms. The van der Waals surface area contributed by atoms with Crippen molar-refractivity contribution in [3.8, 4) is 5.75 Å². The van der Waals surface area contributed by atoms with Crippen LogP contribution in [0.2, 0.25) is 0 Å². The fourth-order valence-electron chi connectivity index (χ4n) is 2.84. The molecule has 0 aliphatic carbocycles. The predicted molar refractivity (Wildman–Crippen MR) is 111 cm³/mol. The van der Waals surface area contributed by atoms with Crippen LogP contribution in [0.1, 0.15) is 17.3 Å². The van der Waals surface area contributed by atoms with Crippen molar-refractivity contribution in [2.75, 3.05) is 11.9 Å². The van der Waals surface area contributed by atoms with Gasteiger partial charge in [-0.15, -0.1) is 0 Å². The Kier molecular flexibility index (Phi) is 5.33. The Hall–Kier alpha value is -3.93. The summed E-state index contributed by atoms with van der Waals surface area (Å²) in [5, 5.41) is 3.59. The minimum atomic E-state index is -0.345. The van der Waals surface area contributed by atoms with Crippen LogP contribution in [0, 0.1) is 0 Å². The summed E-state index contributed by atoms with van der Waals surface area (Å²) < 4.78 is 11.4. The third-order valence-electron chi connectivity index (χ3n) is 4.19. The molecule has 0 atom stereocenters. The average molecular weight is 385 g/mol. The van der Waals surface area contributed by atoms with Crippen molar-refractivity contribution in [2.24, 2.45) is 4.99 Å². The van der Waals surface area contributed by atoms with Gasteiger partial charge in [-0.25, -0.2) is 9.98 Å². The maximum Gasteiger partial charge on any atom is 0.262 e. The van der Waals surface area contributed by atoms with Crippen LogP contribution in [0.4, 0.5) is 11.5 Å². The highest BCUT2D eigenvalue weighted by molar-refractivity contribution is 6.04. The van der Waals surface area contributed by atoms with Crippen LogP contribution in [0.25, 0.3) is 11.0 Å². The van der Waals surface area contributed by atoms with E-state index in [1.165, 1.54) is 0 Å². The number of carbonyl (C=O) groups is 1. The van der Waals surface area contributed by atoms with Gasteiger partial charge in [0.25, 0.3) is 5.91 Å². The van der Waals surface area contributed by atoms with Gasteiger partial charge in [-0.05, 0) is 55.5 Å². The lowest BCUT2D eigenvalue weighted by atomic mass is 10.1. The number of hydrogen-bond acceptors (Lipinski definition) is 5. The van der Waals surface area contributed by atoms with Gasteiger partial charge in [0.15, 0.2) is 0 Å². The lowest BCUT2D eigenvalue weighted by Gasteiger charge is -2.06. The quantitative estimate of drug-likeness (QED) is 0.540. The molecule has 0 saturated heterocycles. The van der Waals surface area contributed by atoms with Gasteiger partial charge in [0.05, 0.1) is 12.3 Å². The molecule has 6 heteroatoms. The monoisotopic (exact) mass is 385 g/mol. The van der Waals surface area contributed by atoms with Crippen molar-refractivity contribution in [1.29, 1.82) is 0 Å². The standard InChI is InChI=1S/C23H19N3O3/c1-2-28-18-12-10-17(11-13-18)25-23-19(15-16-7-3-4-8-20(16)29-23)22(27)26-21-9-5-6-14-24-21/h3-15H,2H2,1H3,(H,24,26,27). The summed E-state index contributed by atoms with van der Waals surface area (Å²) in [6, 6.07) is 21.9. The Bertz CT molecular complexity index is 1200. The van der Waals surface area contributed by atoms with Gasteiger partial charge in [0.2, 0.25) is 5.55 Å². The zero-order valence-electron chi connectivity index (χ0n) is 15.8. The average Bonchev–Trinajstić information content (AvgIpc) is 2.75. The normalized spacial score (nSPS) is 11.4. The molecular weight excluding hydrogens is 366 g/mol. The Labute approximate surface area is 167 Å². The van der Waals surface area contributed by atoms with Crippen LogP contribution in [0.15, 0.2) is 88.4 Å². The number of para-hydroxylation sites is 1. The molecule has 1 N–H and O–H groups in total. The number of carbonyl (C=O) groups excluding carboxylic acids is 1. The molecule has 0 unspecified atom stereocenters. The fourth-order valence-corrected chi connectivity index (χ4v) is 2.84. The third-order valence-corrected chi connectivity index (χ3v) is 4.19. The number of ether oxygens (including phenoxy) is 1. The summed E-state index contributed by atoms with van der Waals surface area (Å²) in [4.78, 5) is 21.6. The second-order valence-electron chi connectivity index (χ2n) is 6.21. The molecule has 2 aromatic heterocycles. The molecule has 1 amide bonds. The number of aromatic nitrogens is 1. The fraction of sp³-hybridized carbons (Fsp3) is 0.0870. The molecule has 0 spiro atoms. The van der Waals surface area contributed by atoms with Gasteiger partial charge in [0, 0.05) is 11.6 Å². The first-order valence-corrected chi connectivity index (χ1v) is 9.26. The molecule has 0 fully saturated rings. The van der Waals surface area contributed by atoms with E-state index in [0.717, 1.165) is 11.1 Å². The first-order valence-electron chi connectivity index (χ1n) is 9.26. The lowest BCUT2D eigenvalue weighted by molar-refractivity contribution is 0.102. The van der Waals surface area contributed by atoms with Crippen LogP contribution >= 0.6 is 0 Å². The van der Waals surface area contributed by atoms with E-state index < -0.39 is 0 Å². The summed E-state index contributed by atoms with van der Waals surface area (Å²) in [6.07, 6.45) is 1.62. The molecule has 4 rings (SSSR count). The maximum atomic E-state index is 12.9. The molecule has 4 aromatic rings. The van der Waals surface area contributed by atoms with E-state index in [4.69, 9.17) is 9.15 Å². The zero-order chi connectivity index (χ0) is 20.1. The van der Waals surface area contributed by atoms with Crippen LogP contribution in [-0.2, 0) is 0 Å². The van der Waals surface area contributed by atoms with E-state index in [9.17, 15) is 4.79 Å². The van der Waals surface area contributed by atoms with Gasteiger partial charge in [-0.2, -0.15) is 0 Å². The molecule has 0 radical (unpaired) electrons. The Morgan fingerprint density at radius 1 is 1.07 bits per heavy atom. The first kappa shape index (κ1) is 18.4. The molecule has 2 heterocycles. The van der Waals surface area contributed by atoms with Crippen molar-refractivity contribution in [1.82, 2.24) is 4.98 Å². The topological polar surface area (TPSA) is 76.7 Å². The Morgan fingerprint density at radius 2 is 1.86 bits per heavy atom. The van der Waals surface area contributed by atoms with E-state index in [1.54, 1.807) is 30.5 Å². The van der Waals surface area contributed by atoms with E-state index >= 15 is 0 Å². The van der Waals surface area contributed by atoms with Crippen molar-refractivity contribution in [2.45, 2.75) is 6.92 Å². The van der Waals surface area contributed by atoms with Gasteiger partial charge < -0.3 is 14.5 Å². The molecule has 6 nitrogen and oxygen atoms in total. The van der Waals surface area contributed by atoms with E-state index in [-0.39, 0.29) is 11.5 Å². The van der Waals surface area contributed by atoms with Crippen molar-refractivity contribution in [3.63, 3.8) is 0 Å². The van der Waals surface area contributed by atoms with Crippen LogP contribution in [-0.4, -0.2) is 17.5 Å². The van der Waals surface area contributed by atoms with Crippen molar-refractivity contribution < 1.29 is 13.9 Å². The second-order valence-corrected chi connectivity index (χ2v) is 6.21. The van der Waals surface area contributed by atoms with E-state index in [2.05, 4.69) is 15.3 Å². The number of nitrogens with zero attached hydrogens (tertiary/aromatic N) is 2. The number of rotatable bonds is 5. The highest BCUT2D eigenvalue weighted by Gasteiger charge is 2.13. The summed E-state index contributed by atoms with van der Waals surface area (Å²) in [5.41, 5.74) is 1.84. The minimum absolute atomic E-state index is 0.223. The number of fused-ring (bicyclic) bond motifs is 1. The minimum Gasteiger partial charge on any atom is -0.494 e. The largest absolute Gasteiger partial charge is 0.494 e. The highest BCUT2D eigenvalue weighted by Crippen LogP contribution is 2.19. The van der Waals surface area contributed by atoms with Crippen LogP contribution in [0.3, 0.4) is 0 Å². The van der Waals surface area contributed by atoms with E-state index in [0.29, 0.717) is 29.3 Å². The maximum absolute atomic E-state index is 12.9. The molecule has 29 heavy (non-hydrogen) atoms. The summed E-state index contributed by atoms with van der Waals surface area (Å²) in [7, 11) is 0. The predicted octanol–water partition coefficient (Wildman–Crippen LogP) is 4.71. The van der Waals surface area contributed by atoms with Gasteiger partial charge >= 0.3 is 0 Å². The summed E-state index contributed by atoms with van der Waals surface area (Å²) >= 11 is 0. The highest BCUT2D eigenvalue weighted by atomic mass is 16.5. The molecular formula is C23H19N3O3. The van der Waals surface area contributed by atoms with Crippen LogP contribution in [0.5, 0.6) is 5.75 Å². The summed E-state index contributed by atoms with van der Waals surface area (Å²) in [6.45, 7) is 2.52. The first-order chi connectivity index (χ1) is 14.2. The Balaban J connectivity index is 1.78.